The monoisotopic (exact) mass is 339 g/mol. The molecule has 0 amide bonds. The summed E-state index contributed by atoms with van der Waals surface area (Å²) in [4.78, 5) is 0.159. The molecule has 6 heteroatoms. The number of hydrogen-bond donors (Lipinski definition) is 3. The molecule has 122 valence electrons. The van der Waals surface area contributed by atoms with E-state index in [0.29, 0.717) is 17.1 Å². The van der Waals surface area contributed by atoms with Crippen molar-refractivity contribution < 1.29 is 8.42 Å². The zero-order valence-corrected chi connectivity index (χ0v) is 13.6. The zero-order valence-electron chi connectivity index (χ0n) is 12.8. The van der Waals surface area contributed by atoms with Crippen LogP contribution in [0.15, 0.2) is 83.8 Å². The second kappa shape index (κ2) is 6.64. The van der Waals surface area contributed by atoms with Crippen LogP contribution in [0.1, 0.15) is 0 Å². The van der Waals surface area contributed by atoms with Gasteiger partial charge in [-0.15, -0.1) is 0 Å². The van der Waals surface area contributed by atoms with Gasteiger partial charge in [0, 0.05) is 11.4 Å². The number of nitrogens with one attached hydrogen (secondary N) is 2. The first-order valence-electron chi connectivity index (χ1n) is 7.34. The number of rotatable bonds is 5. The topological polar surface area (TPSA) is 84.2 Å². The summed E-state index contributed by atoms with van der Waals surface area (Å²) < 4.78 is 27.7. The molecule has 0 atom stereocenters. The minimum absolute atomic E-state index is 0.159. The Labute approximate surface area is 141 Å². The van der Waals surface area contributed by atoms with Gasteiger partial charge >= 0.3 is 0 Å². The first kappa shape index (κ1) is 15.9. The minimum Gasteiger partial charge on any atom is -0.399 e. The standard InChI is InChI=1S/C18H17N3O2S/c19-14-10-12-16(13-11-14)24(22,23)21-18-9-5-4-8-17(18)20-15-6-2-1-3-7-15/h1-13,20-21H,19H2. The van der Waals surface area contributed by atoms with Crippen LogP contribution in [0.25, 0.3) is 0 Å². The van der Waals surface area contributed by atoms with Gasteiger partial charge in [-0.25, -0.2) is 8.42 Å². The largest absolute Gasteiger partial charge is 0.399 e. The quantitative estimate of drug-likeness (QED) is 0.617. The fourth-order valence-corrected chi connectivity index (χ4v) is 3.29. The molecule has 4 N–H and O–H groups in total. The van der Waals surface area contributed by atoms with Crippen molar-refractivity contribution in [3.05, 3.63) is 78.9 Å². The molecule has 0 saturated carbocycles. The van der Waals surface area contributed by atoms with Crippen LogP contribution in [0, 0.1) is 0 Å². The minimum atomic E-state index is -3.69. The van der Waals surface area contributed by atoms with E-state index < -0.39 is 10.0 Å². The van der Waals surface area contributed by atoms with Crippen molar-refractivity contribution in [1.29, 1.82) is 0 Å². The Hall–Kier alpha value is -2.99. The number of anilines is 4. The Morgan fingerprint density at radius 2 is 1.29 bits per heavy atom. The highest BCUT2D eigenvalue weighted by Crippen LogP contribution is 2.27. The Kier molecular flexibility index (Phi) is 4.39. The molecule has 0 saturated heterocycles. The van der Waals surface area contributed by atoms with E-state index in [2.05, 4.69) is 10.0 Å². The molecule has 24 heavy (non-hydrogen) atoms. The maximum absolute atomic E-state index is 12.5. The van der Waals surface area contributed by atoms with Gasteiger partial charge in [0.1, 0.15) is 0 Å². The third-order valence-corrected chi connectivity index (χ3v) is 4.80. The SMILES string of the molecule is Nc1ccc(S(=O)(=O)Nc2ccccc2Nc2ccccc2)cc1. The molecular weight excluding hydrogens is 322 g/mol. The molecule has 0 radical (unpaired) electrons. The summed E-state index contributed by atoms with van der Waals surface area (Å²) in [7, 11) is -3.69. The van der Waals surface area contributed by atoms with Crippen LogP contribution in [0.4, 0.5) is 22.7 Å². The summed E-state index contributed by atoms with van der Waals surface area (Å²) in [6.07, 6.45) is 0. The number of hydrogen-bond acceptors (Lipinski definition) is 4. The lowest BCUT2D eigenvalue weighted by molar-refractivity contribution is 0.601. The van der Waals surface area contributed by atoms with Gasteiger partial charge in [-0.05, 0) is 48.5 Å². The van der Waals surface area contributed by atoms with Crippen LogP contribution in [-0.4, -0.2) is 8.42 Å². The van der Waals surface area contributed by atoms with Crippen LogP contribution >= 0.6 is 0 Å². The van der Waals surface area contributed by atoms with Crippen molar-refractivity contribution in [3.63, 3.8) is 0 Å². The van der Waals surface area contributed by atoms with Gasteiger partial charge in [0.25, 0.3) is 10.0 Å². The highest BCUT2D eigenvalue weighted by atomic mass is 32.2. The molecule has 0 aliphatic heterocycles. The van der Waals surface area contributed by atoms with E-state index in [1.807, 2.05) is 42.5 Å². The number of nitrogens with two attached hydrogens (primary N) is 1. The van der Waals surface area contributed by atoms with Crippen molar-refractivity contribution in [1.82, 2.24) is 0 Å². The summed E-state index contributed by atoms with van der Waals surface area (Å²) in [5.74, 6) is 0. The van der Waals surface area contributed by atoms with Gasteiger partial charge in [0.15, 0.2) is 0 Å². The third-order valence-electron chi connectivity index (χ3n) is 3.41. The molecule has 3 rings (SSSR count). The fourth-order valence-electron chi connectivity index (χ4n) is 2.21. The van der Waals surface area contributed by atoms with Gasteiger partial charge in [-0.2, -0.15) is 0 Å². The van der Waals surface area contributed by atoms with Gasteiger partial charge < -0.3 is 11.1 Å². The number of benzene rings is 3. The smallest absolute Gasteiger partial charge is 0.261 e. The van der Waals surface area contributed by atoms with Gasteiger partial charge in [0.2, 0.25) is 0 Å². The number of para-hydroxylation sites is 3. The molecule has 0 aliphatic rings. The second-order valence-corrected chi connectivity index (χ2v) is 6.89. The Bertz CT molecular complexity index is 924. The molecular formula is C18H17N3O2S. The highest BCUT2D eigenvalue weighted by molar-refractivity contribution is 7.92. The van der Waals surface area contributed by atoms with Crippen molar-refractivity contribution in [2.45, 2.75) is 4.90 Å². The van der Waals surface area contributed by atoms with Crippen LogP contribution < -0.4 is 15.8 Å². The van der Waals surface area contributed by atoms with E-state index in [1.165, 1.54) is 12.1 Å². The lowest BCUT2D eigenvalue weighted by Gasteiger charge is -2.14. The molecule has 0 unspecified atom stereocenters. The van der Waals surface area contributed by atoms with Crippen molar-refractivity contribution >= 4 is 32.8 Å². The third kappa shape index (κ3) is 3.67. The second-order valence-electron chi connectivity index (χ2n) is 5.21. The summed E-state index contributed by atoms with van der Waals surface area (Å²) in [6.45, 7) is 0. The molecule has 3 aromatic carbocycles. The van der Waals surface area contributed by atoms with Crippen LogP contribution in [-0.2, 0) is 10.0 Å². The van der Waals surface area contributed by atoms with Gasteiger partial charge in [-0.3, -0.25) is 4.72 Å². The van der Waals surface area contributed by atoms with Gasteiger partial charge in [0.05, 0.1) is 16.3 Å². The normalized spacial score (nSPS) is 11.0. The molecule has 0 aromatic heterocycles. The average molecular weight is 339 g/mol. The van der Waals surface area contributed by atoms with Gasteiger partial charge in [-0.1, -0.05) is 30.3 Å². The zero-order chi connectivity index (χ0) is 17.0. The van der Waals surface area contributed by atoms with E-state index in [0.717, 1.165) is 5.69 Å². The molecule has 0 fully saturated rings. The van der Waals surface area contributed by atoms with Crippen LogP contribution in [0.3, 0.4) is 0 Å². The van der Waals surface area contributed by atoms with Crippen molar-refractivity contribution in [2.24, 2.45) is 0 Å². The number of nitrogen functional groups attached to an aromatic ring is 1. The summed E-state index contributed by atoms with van der Waals surface area (Å²) in [6, 6.07) is 22.8. The highest BCUT2D eigenvalue weighted by Gasteiger charge is 2.15. The molecule has 0 bridgehead atoms. The first-order valence-corrected chi connectivity index (χ1v) is 8.82. The fraction of sp³-hybridized carbons (Fsp3) is 0. The van der Waals surface area contributed by atoms with E-state index in [1.54, 1.807) is 24.3 Å². The molecule has 0 heterocycles. The van der Waals surface area contributed by atoms with Crippen LogP contribution in [0.5, 0.6) is 0 Å². The maximum atomic E-state index is 12.5. The van der Waals surface area contributed by atoms with Crippen LogP contribution in [0.2, 0.25) is 0 Å². The number of sulfonamides is 1. The molecule has 0 aliphatic carbocycles. The predicted molar refractivity (Wildman–Crippen MR) is 97.8 cm³/mol. The van der Waals surface area contributed by atoms with E-state index in [-0.39, 0.29) is 4.90 Å². The van der Waals surface area contributed by atoms with Crippen molar-refractivity contribution in [3.8, 4) is 0 Å². The lowest BCUT2D eigenvalue weighted by Crippen LogP contribution is -2.14. The summed E-state index contributed by atoms with van der Waals surface area (Å²) in [5.41, 5.74) is 8.13. The molecule has 0 spiro atoms. The van der Waals surface area contributed by atoms with Crippen molar-refractivity contribution in [2.75, 3.05) is 15.8 Å². The first-order chi connectivity index (χ1) is 11.5. The molecule has 3 aromatic rings. The maximum Gasteiger partial charge on any atom is 0.261 e. The van der Waals surface area contributed by atoms with E-state index in [4.69, 9.17) is 5.73 Å². The van der Waals surface area contributed by atoms with E-state index >= 15 is 0 Å². The van der Waals surface area contributed by atoms with E-state index in [9.17, 15) is 8.42 Å². The average Bonchev–Trinajstić information content (AvgIpc) is 2.58. The Morgan fingerprint density at radius 3 is 1.96 bits per heavy atom. The molecule has 5 nitrogen and oxygen atoms in total. The summed E-state index contributed by atoms with van der Waals surface area (Å²) in [5, 5.41) is 3.21. The predicted octanol–water partition coefficient (Wildman–Crippen LogP) is 3.81. The lowest BCUT2D eigenvalue weighted by atomic mass is 10.2. The Balaban J connectivity index is 1.89. The Morgan fingerprint density at radius 1 is 0.708 bits per heavy atom. The summed E-state index contributed by atoms with van der Waals surface area (Å²) >= 11 is 0.